The Morgan fingerprint density at radius 2 is 2.00 bits per heavy atom. The normalized spacial score (nSPS) is 29.5. The molecule has 0 aromatic heterocycles. The Hall–Kier alpha value is -0.860. The first-order valence-electron chi connectivity index (χ1n) is 6.35. The van der Waals surface area contributed by atoms with E-state index in [1.54, 1.807) is 0 Å². The third-order valence-corrected chi connectivity index (χ3v) is 4.18. The number of carbonyl (C=O) groups excluding carboxylic acids is 2. The van der Waals surface area contributed by atoms with Gasteiger partial charge in [0, 0.05) is 30.8 Å². The number of hydrogen-bond acceptors (Lipinski definition) is 2. The van der Waals surface area contributed by atoms with Crippen molar-refractivity contribution >= 4 is 11.7 Å². The van der Waals surface area contributed by atoms with Crippen LogP contribution in [0.5, 0.6) is 0 Å². The molecule has 0 radical (unpaired) electrons. The average molecular weight is 223 g/mol. The van der Waals surface area contributed by atoms with Crippen LogP contribution >= 0.6 is 0 Å². The van der Waals surface area contributed by atoms with Crippen molar-refractivity contribution < 1.29 is 9.59 Å². The van der Waals surface area contributed by atoms with Crippen LogP contribution in [0.25, 0.3) is 0 Å². The zero-order valence-corrected chi connectivity index (χ0v) is 10.3. The molecule has 1 atom stereocenters. The lowest BCUT2D eigenvalue weighted by molar-refractivity contribution is -0.144. The van der Waals surface area contributed by atoms with E-state index in [4.69, 9.17) is 0 Å². The molecular weight excluding hydrogens is 202 g/mol. The Bertz CT molecular complexity index is 305. The van der Waals surface area contributed by atoms with Crippen LogP contribution in [0.1, 0.15) is 46.0 Å². The van der Waals surface area contributed by atoms with Crippen LogP contribution in [-0.2, 0) is 9.59 Å². The van der Waals surface area contributed by atoms with E-state index in [-0.39, 0.29) is 17.2 Å². The molecule has 0 aromatic carbocycles. The molecule has 1 unspecified atom stereocenters. The minimum Gasteiger partial charge on any atom is -0.341 e. The standard InChI is InChI=1S/C13H21NO2/c1-10-9-14(8-5-11(10)15)12(16)13(2)6-3-4-7-13/h10H,3-9H2,1-2H3. The summed E-state index contributed by atoms with van der Waals surface area (Å²) in [6, 6.07) is 0. The Balaban J connectivity index is 2.02. The number of hydrogen-bond donors (Lipinski definition) is 0. The molecule has 1 saturated heterocycles. The molecule has 2 aliphatic rings. The number of piperidine rings is 1. The van der Waals surface area contributed by atoms with Crippen molar-refractivity contribution in [3.05, 3.63) is 0 Å². The summed E-state index contributed by atoms with van der Waals surface area (Å²) in [6.07, 6.45) is 4.92. The van der Waals surface area contributed by atoms with Crippen LogP contribution in [0.4, 0.5) is 0 Å². The second-order valence-electron chi connectivity index (χ2n) is 5.64. The van der Waals surface area contributed by atoms with E-state index in [1.165, 1.54) is 12.8 Å². The minimum absolute atomic E-state index is 0.0303. The van der Waals surface area contributed by atoms with Gasteiger partial charge in [-0.1, -0.05) is 26.7 Å². The predicted octanol–water partition coefficient (Wildman–Crippen LogP) is 2.00. The number of Topliss-reactive ketones (excluding diaryl/α,β-unsaturated/α-hetero) is 1. The number of ketones is 1. The first kappa shape index (κ1) is 11.6. The smallest absolute Gasteiger partial charge is 0.228 e. The van der Waals surface area contributed by atoms with E-state index in [9.17, 15) is 9.59 Å². The maximum atomic E-state index is 12.4. The van der Waals surface area contributed by atoms with Crippen LogP contribution in [0.2, 0.25) is 0 Å². The summed E-state index contributed by atoms with van der Waals surface area (Å²) in [7, 11) is 0. The van der Waals surface area contributed by atoms with E-state index < -0.39 is 0 Å². The monoisotopic (exact) mass is 223 g/mol. The summed E-state index contributed by atoms with van der Waals surface area (Å²) >= 11 is 0. The molecule has 0 aromatic rings. The van der Waals surface area contributed by atoms with Gasteiger partial charge in [-0.25, -0.2) is 0 Å². The average Bonchev–Trinajstić information content (AvgIpc) is 2.70. The zero-order chi connectivity index (χ0) is 11.8. The summed E-state index contributed by atoms with van der Waals surface area (Å²) in [5.74, 6) is 0.618. The lowest BCUT2D eigenvalue weighted by Gasteiger charge is -2.36. The molecule has 1 aliphatic carbocycles. The molecule has 3 nitrogen and oxygen atoms in total. The van der Waals surface area contributed by atoms with Gasteiger partial charge in [0.25, 0.3) is 0 Å². The van der Waals surface area contributed by atoms with Crippen molar-refractivity contribution in [2.45, 2.75) is 46.0 Å². The molecule has 1 aliphatic heterocycles. The molecular formula is C13H21NO2. The quantitative estimate of drug-likeness (QED) is 0.682. The van der Waals surface area contributed by atoms with E-state index in [0.29, 0.717) is 25.3 Å². The van der Waals surface area contributed by atoms with Gasteiger partial charge >= 0.3 is 0 Å². The van der Waals surface area contributed by atoms with Crippen LogP contribution in [0.3, 0.4) is 0 Å². The highest BCUT2D eigenvalue weighted by Crippen LogP contribution is 2.39. The third kappa shape index (κ3) is 2.00. The Morgan fingerprint density at radius 1 is 1.38 bits per heavy atom. The topological polar surface area (TPSA) is 37.4 Å². The summed E-state index contributed by atoms with van der Waals surface area (Å²) in [6.45, 7) is 5.28. The number of amides is 1. The van der Waals surface area contributed by atoms with Gasteiger partial charge in [0.05, 0.1) is 0 Å². The fraction of sp³-hybridized carbons (Fsp3) is 0.846. The largest absolute Gasteiger partial charge is 0.341 e. The lowest BCUT2D eigenvalue weighted by atomic mass is 9.85. The number of likely N-dealkylation sites (tertiary alicyclic amines) is 1. The maximum absolute atomic E-state index is 12.4. The molecule has 90 valence electrons. The minimum atomic E-state index is -0.139. The SMILES string of the molecule is CC1CN(C(=O)C2(C)CCCC2)CCC1=O. The van der Waals surface area contributed by atoms with Gasteiger partial charge in [-0.3, -0.25) is 9.59 Å². The lowest BCUT2D eigenvalue weighted by Crippen LogP contribution is -2.48. The molecule has 3 heteroatoms. The third-order valence-electron chi connectivity index (χ3n) is 4.18. The summed E-state index contributed by atoms with van der Waals surface area (Å²) in [5, 5.41) is 0. The van der Waals surface area contributed by atoms with Crippen molar-refractivity contribution in [3.63, 3.8) is 0 Å². The molecule has 16 heavy (non-hydrogen) atoms. The second kappa shape index (κ2) is 4.19. The number of nitrogens with zero attached hydrogens (tertiary/aromatic N) is 1. The summed E-state index contributed by atoms with van der Waals surface area (Å²) in [4.78, 5) is 25.7. The zero-order valence-electron chi connectivity index (χ0n) is 10.3. The first-order valence-corrected chi connectivity index (χ1v) is 6.35. The van der Waals surface area contributed by atoms with Crippen LogP contribution in [0.15, 0.2) is 0 Å². The molecule has 2 fully saturated rings. The maximum Gasteiger partial charge on any atom is 0.228 e. The summed E-state index contributed by atoms with van der Waals surface area (Å²) < 4.78 is 0. The number of rotatable bonds is 1. The van der Waals surface area contributed by atoms with E-state index in [2.05, 4.69) is 6.92 Å². The van der Waals surface area contributed by atoms with Crippen LogP contribution in [-0.4, -0.2) is 29.7 Å². The van der Waals surface area contributed by atoms with E-state index in [1.807, 2.05) is 11.8 Å². The first-order chi connectivity index (χ1) is 7.53. The van der Waals surface area contributed by atoms with Crippen molar-refractivity contribution in [2.75, 3.05) is 13.1 Å². The predicted molar refractivity (Wildman–Crippen MR) is 61.9 cm³/mol. The summed E-state index contributed by atoms with van der Waals surface area (Å²) in [5.41, 5.74) is -0.139. The fourth-order valence-electron chi connectivity index (χ4n) is 2.95. The molecule has 0 bridgehead atoms. The molecule has 0 N–H and O–H groups in total. The highest BCUT2D eigenvalue weighted by molar-refractivity contribution is 5.87. The highest BCUT2D eigenvalue weighted by atomic mass is 16.2. The molecule has 2 rings (SSSR count). The van der Waals surface area contributed by atoms with Gasteiger partial charge in [-0.15, -0.1) is 0 Å². The fourth-order valence-corrected chi connectivity index (χ4v) is 2.95. The van der Waals surface area contributed by atoms with Crippen LogP contribution in [0, 0.1) is 11.3 Å². The van der Waals surface area contributed by atoms with Gasteiger partial charge in [0.15, 0.2) is 0 Å². The molecule has 1 heterocycles. The van der Waals surface area contributed by atoms with Gasteiger partial charge in [0.1, 0.15) is 5.78 Å². The Morgan fingerprint density at radius 3 is 2.56 bits per heavy atom. The van der Waals surface area contributed by atoms with E-state index in [0.717, 1.165) is 12.8 Å². The van der Waals surface area contributed by atoms with Gasteiger partial charge in [0.2, 0.25) is 5.91 Å². The van der Waals surface area contributed by atoms with Crippen molar-refractivity contribution in [2.24, 2.45) is 11.3 Å². The highest BCUT2D eigenvalue weighted by Gasteiger charge is 2.40. The Kier molecular flexibility index (Phi) is 3.04. The van der Waals surface area contributed by atoms with Crippen molar-refractivity contribution in [3.8, 4) is 0 Å². The van der Waals surface area contributed by atoms with Gasteiger partial charge in [-0.05, 0) is 12.8 Å². The van der Waals surface area contributed by atoms with Crippen molar-refractivity contribution in [1.29, 1.82) is 0 Å². The van der Waals surface area contributed by atoms with Crippen molar-refractivity contribution in [1.82, 2.24) is 4.90 Å². The van der Waals surface area contributed by atoms with Crippen LogP contribution < -0.4 is 0 Å². The van der Waals surface area contributed by atoms with E-state index >= 15 is 0 Å². The molecule has 0 spiro atoms. The molecule has 1 saturated carbocycles. The number of carbonyl (C=O) groups is 2. The van der Waals surface area contributed by atoms with Gasteiger partial charge in [-0.2, -0.15) is 0 Å². The van der Waals surface area contributed by atoms with Gasteiger partial charge < -0.3 is 4.90 Å². The second-order valence-corrected chi connectivity index (χ2v) is 5.64. The Labute approximate surface area is 97.2 Å². The molecule has 1 amide bonds.